The molecule has 2 heterocycles. The van der Waals surface area contributed by atoms with Gasteiger partial charge in [-0.3, -0.25) is 14.4 Å². The molecule has 0 aliphatic carbocycles. The Balaban J connectivity index is 1.85. The van der Waals surface area contributed by atoms with Crippen LogP contribution in [0.3, 0.4) is 0 Å². The number of hydrogen-bond donors (Lipinski definition) is 1. The minimum absolute atomic E-state index is 0.0207. The summed E-state index contributed by atoms with van der Waals surface area (Å²) in [5.41, 5.74) is 0. The van der Waals surface area contributed by atoms with Gasteiger partial charge in [0.05, 0.1) is 12.5 Å². The van der Waals surface area contributed by atoms with E-state index in [9.17, 15) is 14.4 Å². The van der Waals surface area contributed by atoms with Gasteiger partial charge in [-0.25, -0.2) is 0 Å². The van der Waals surface area contributed by atoms with Gasteiger partial charge in [0, 0.05) is 26.1 Å². The van der Waals surface area contributed by atoms with Crippen LogP contribution < -0.4 is 0 Å². The Hall–Kier alpha value is -1.59. The summed E-state index contributed by atoms with van der Waals surface area (Å²) in [6, 6.07) is 0. The standard InChI is InChI=1S/C11H16N2O4/c14-9-2-1-4-12(9)7-10(15)13-5-3-8(6-13)11(16)17/h8H,1-7H2,(H,16,17). The largest absolute Gasteiger partial charge is 0.481 e. The Morgan fingerprint density at radius 3 is 2.65 bits per heavy atom. The SMILES string of the molecule is O=C(O)C1CCN(C(=O)CN2CCCC2=O)C1. The molecule has 1 atom stereocenters. The highest BCUT2D eigenvalue weighted by Crippen LogP contribution is 2.17. The van der Waals surface area contributed by atoms with Crippen molar-refractivity contribution in [2.75, 3.05) is 26.2 Å². The smallest absolute Gasteiger partial charge is 0.308 e. The average Bonchev–Trinajstić information content (AvgIpc) is 2.88. The fraction of sp³-hybridized carbons (Fsp3) is 0.727. The summed E-state index contributed by atoms with van der Waals surface area (Å²) in [5.74, 6) is -1.41. The molecule has 0 bridgehead atoms. The number of rotatable bonds is 3. The number of nitrogens with zero attached hydrogens (tertiary/aromatic N) is 2. The summed E-state index contributed by atoms with van der Waals surface area (Å²) >= 11 is 0. The van der Waals surface area contributed by atoms with Crippen molar-refractivity contribution in [3.63, 3.8) is 0 Å². The number of carboxylic acid groups (broad SMARTS) is 1. The van der Waals surface area contributed by atoms with Crippen LogP contribution in [0.4, 0.5) is 0 Å². The van der Waals surface area contributed by atoms with Gasteiger partial charge in [0.1, 0.15) is 0 Å². The Morgan fingerprint density at radius 2 is 2.12 bits per heavy atom. The van der Waals surface area contributed by atoms with Crippen molar-refractivity contribution in [2.45, 2.75) is 19.3 Å². The van der Waals surface area contributed by atoms with E-state index in [1.807, 2.05) is 0 Å². The average molecular weight is 240 g/mol. The van der Waals surface area contributed by atoms with Crippen LogP contribution in [-0.4, -0.2) is 58.9 Å². The molecule has 94 valence electrons. The van der Waals surface area contributed by atoms with Crippen LogP contribution in [0.2, 0.25) is 0 Å². The van der Waals surface area contributed by atoms with E-state index in [0.29, 0.717) is 25.9 Å². The molecule has 0 aromatic heterocycles. The first-order valence-corrected chi connectivity index (χ1v) is 5.86. The number of hydrogen-bond acceptors (Lipinski definition) is 3. The van der Waals surface area contributed by atoms with E-state index in [2.05, 4.69) is 0 Å². The number of aliphatic carboxylic acids is 1. The van der Waals surface area contributed by atoms with Crippen LogP contribution >= 0.6 is 0 Å². The number of amides is 2. The summed E-state index contributed by atoms with van der Waals surface area (Å²) in [5, 5.41) is 8.84. The number of carbonyl (C=O) groups excluding carboxylic acids is 2. The van der Waals surface area contributed by atoms with Crippen molar-refractivity contribution in [3.05, 3.63) is 0 Å². The summed E-state index contributed by atoms with van der Waals surface area (Å²) in [6.45, 7) is 1.50. The fourth-order valence-corrected chi connectivity index (χ4v) is 2.32. The Morgan fingerprint density at radius 1 is 1.35 bits per heavy atom. The molecule has 0 radical (unpaired) electrons. The van der Waals surface area contributed by atoms with Crippen LogP contribution in [0.15, 0.2) is 0 Å². The van der Waals surface area contributed by atoms with E-state index in [0.717, 1.165) is 6.42 Å². The topological polar surface area (TPSA) is 77.9 Å². The zero-order valence-corrected chi connectivity index (χ0v) is 9.59. The van der Waals surface area contributed by atoms with Gasteiger partial charge in [-0.15, -0.1) is 0 Å². The van der Waals surface area contributed by atoms with Gasteiger partial charge in [0.2, 0.25) is 11.8 Å². The molecule has 0 saturated carbocycles. The Labute approximate surface area is 99.2 Å². The molecule has 2 rings (SSSR count). The number of likely N-dealkylation sites (tertiary alicyclic amines) is 2. The predicted molar refractivity (Wildman–Crippen MR) is 58.1 cm³/mol. The molecule has 6 heteroatoms. The van der Waals surface area contributed by atoms with Gasteiger partial charge in [-0.2, -0.15) is 0 Å². The second-order valence-electron chi connectivity index (χ2n) is 4.58. The van der Waals surface area contributed by atoms with Crippen LogP contribution in [0.1, 0.15) is 19.3 Å². The molecule has 0 aromatic rings. The van der Waals surface area contributed by atoms with E-state index in [-0.39, 0.29) is 24.9 Å². The molecule has 2 amide bonds. The lowest BCUT2D eigenvalue weighted by Crippen LogP contribution is -2.40. The van der Waals surface area contributed by atoms with E-state index in [4.69, 9.17) is 5.11 Å². The zero-order chi connectivity index (χ0) is 12.4. The van der Waals surface area contributed by atoms with Crippen LogP contribution in [0.25, 0.3) is 0 Å². The van der Waals surface area contributed by atoms with Crippen LogP contribution in [0, 0.1) is 5.92 Å². The quantitative estimate of drug-likeness (QED) is 0.724. The number of carbonyl (C=O) groups is 3. The molecule has 1 unspecified atom stereocenters. The molecule has 2 aliphatic heterocycles. The van der Waals surface area contributed by atoms with Crippen LogP contribution in [-0.2, 0) is 14.4 Å². The summed E-state index contributed by atoms with van der Waals surface area (Å²) < 4.78 is 0. The third kappa shape index (κ3) is 2.57. The van der Waals surface area contributed by atoms with Crippen molar-refractivity contribution in [2.24, 2.45) is 5.92 Å². The first kappa shape index (κ1) is 11.9. The van der Waals surface area contributed by atoms with E-state index < -0.39 is 11.9 Å². The van der Waals surface area contributed by atoms with E-state index in [1.165, 1.54) is 0 Å². The second kappa shape index (κ2) is 4.73. The molecule has 0 spiro atoms. The van der Waals surface area contributed by atoms with Gasteiger partial charge in [0.15, 0.2) is 0 Å². The Bertz CT molecular complexity index is 355. The van der Waals surface area contributed by atoms with Gasteiger partial charge < -0.3 is 14.9 Å². The second-order valence-corrected chi connectivity index (χ2v) is 4.58. The summed E-state index contributed by atoms with van der Waals surface area (Å²) in [6.07, 6.45) is 1.84. The highest BCUT2D eigenvalue weighted by molar-refractivity contribution is 5.86. The molecule has 0 aromatic carbocycles. The lowest BCUT2D eigenvalue weighted by atomic mass is 10.1. The summed E-state index contributed by atoms with van der Waals surface area (Å²) in [4.78, 5) is 37.1. The maximum atomic E-state index is 11.9. The van der Waals surface area contributed by atoms with E-state index in [1.54, 1.807) is 9.80 Å². The highest BCUT2D eigenvalue weighted by Gasteiger charge is 2.32. The fourth-order valence-electron chi connectivity index (χ4n) is 2.32. The summed E-state index contributed by atoms with van der Waals surface area (Å²) in [7, 11) is 0. The molecular formula is C11H16N2O4. The van der Waals surface area contributed by atoms with Crippen molar-refractivity contribution >= 4 is 17.8 Å². The lowest BCUT2D eigenvalue weighted by Gasteiger charge is -2.20. The molecule has 2 fully saturated rings. The zero-order valence-electron chi connectivity index (χ0n) is 9.59. The molecule has 2 aliphatic rings. The Kier molecular flexibility index (Phi) is 3.31. The van der Waals surface area contributed by atoms with Crippen molar-refractivity contribution in [3.8, 4) is 0 Å². The molecule has 17 heavy (non-hydrogen) atoms. The van der Waals surface area contributed by atoms with Crippen molar-refractivity contribution in [1.82, 2.24) is 9.80 Å². The van der Waals surface area contributed by atoms with Gasteiger partial charge in [-0.1, -0.05) is 0 Å². The molecule has 6 nitrogen and oxygen atoms in total. The monoisotopic (exact) mass is 240 g/mol. The number of carboxylic acids is 1. The third-order valence-corrected chi connectivity index (χ3v) is 3.39. The predicted octanol–water partition coefficient (Wildman–Crippen LogP) is -0.458. The third-order valence-electron chi connectivity index (χ3n) is 3.39. The van der Waals surface area contributed by atoms with Gasteiger partial charge >= 0.3 is 5.97 Å². The van der Waals surface area contributed by atoms with E-state index >= 15 is 0 Å². The minimum Gasteiger partial charge on any atom is -0.481 e. The lowest BCUT2D eigenvalue weighted by molar-refractivity contribution is -0.142. The maximum Gasteiger partial charge on any atom is 0.308 e. The maximum absolute atomic E-state index is 11.9. The van der Waals surface area contributed by atoms with Crippen molar-refractivity contribution < 1.29 is 19.5 Å². The first-order chi connectivity index (χ1) is 8.08. The van der Waals surface area contributed by atoms with Gasteiger partial charge in [-0.05, 0) is 12.8 Å². The van der Waals surface area contributed by atoms with Crippen LogP contribution in [0.5, 0.6) is 0 Å². The molecular weight excluding hydrogens is 224 g/mol. The molecule has 2 saturated heterocycles. The first-order valence-electron chi connectivity index (χ1n) is 5.86. The normalized spacial score (nSPS) is 24.5. The van der Waals surface area contributed by atoms with Crippen molar-refractivity contribution in [1.29, 1.82) is 0 Å². The minimum atomic E-state index is -0.849. The highest BCUT2D eigenvalue weighted by atomic mass is 16.4. The molecule has 1 N–H and O–H groups in total. The van der Waals surface area contributed by atoms with Gasteiger partial charge in [0.25, 0.3) is 0 Å².